The van der Waals surface area contributed by atoms with Crippen LogP contribution in [0, 0.1) is 5.92 Å². The lowest BCUT2D eigenvalue weighted by atomic mass is 9.82. The maximum absolute atomic E-state index is 5.55. The molecule has 100 valence electrons. The first-order chi connectivity index (χ1) is 8.60. The van der Waals surface area contributed by atoms with E-state index in [0.717, 1.165) is 18.0 Å². The average molecular weight is 249 g/mol. The Morgan fingerprint density at radius 2 is 1.67 bits per heavy atom. The van der Waals surface area contributed by atoms with Crippen LogP contribution < -0.4 is 14.8 Å². The molecule has 1 aliphatic rings. The topological polar surface area (TPSA) is 30.5 Å². The zero-order chi connectivity index (χ0) is 13.3. The molecule has 0 radical (unpaired) electrons. The third kappa shape index (κ3) is 2.07. The maximum atomic E-state index is 5.55. The summed E-state index contributed by atoms with van der Waals surface area (Å²) in [7, 11) is 3.47. The number of methoxy groups -OCH3 is 2. The molecule has 1 aromatic rings. The van der Waals surface area contributed by atoms with Crippen LogP contribution in [0.15, 0.2) is 12.1 Å². The van der Waals surface area contributed by atoms with E-state index in [1.54, 1.807) is 14.2 Å². The molecule has 0 aromatic heterocycles. The highest BCUT2D eigenvalue weighted by molar-refractivity contribution is 5.53. The Bertz CT molecular complexity index is 429. The Kier molecular flexibility index (Phi) is 3.81. The van der Waals surface area contributed by atoms with Crippen molar-refractivity contribution in [1.82, 2.24) is 5.32 Å². The van der Waals surface area contributed by atoms with E-state index in [1.807, 2.05) is 12.1 Å². The molecule has 0 spiro atoms. The molecule has 1 heterocycles. The Morgan fingerprint density at radius 1 is 1.11 bits per heavy atom. The van der Waals surface area contributed by atoms with Crippen molar-refractivity contribution in [3.63, 3.8) is 0 Å². The van der Waals surface area contributed by atoms with E-state index >= 15 is 0 Å². The monoisotopic (exact) mass is 249 g/mol. The lowest BCUT2D eigenvalue weighted by Crippen LogP contribution is -2.35. The van der Waals surface area contributed by atoms with Gasteiger partial charge in [-0.2, -0.15) is 0 Å². The van der Waals surface area contributed by atoms with Crippen molar-refractivity contribution >= 4 is 0 Å². The van der Waals surface area contributed by atoms with E-state index in [0.29, 0.717) is 17.9 Å². The number of rotatable bonds is 3. The van der Waals surface area contributed by atoms with Gasteiger partial charge in [0.15, 0.2) is 0 Å². The summed E-state index contributed by atoms with van der Waals surface area (Å²) in [5.74, 6) is 2.91. The standard InChI is InChI=1S/C15H23NO2/c1-9(2)15-14-12(18-5)7-6-11(17-4)13(14)10(3)8-16-15/h6-7,9-10,15-16H,8H2,1-5H3. The van der Waals surface area contributed by atoms with Gasteiger partial charge in [-0.25, -0.2) is 0 Å². The van der Waals surface area contributed by atoms with Gasteiger partial charge in [0.1, 0.15) is 11.5 Å². The minimum Gasteiger partial charge on any atom is -0.496 e. The summed E-state index contributed by atoms with van der Waals surface area (Å²) in [6.07, 6.45) is 0. The molecular formula is C15H23NO2. The number of fused-ring (bicyclic) bond motifs is 1. The molecule has 0 bridgehead atoms. The molecule has 0 aliphatic carbocycles. The zero-order valence-corrected chi connectivity index (χ0v) is 11.9. The molecule has 1 aliphatic heterocycles. The van der Waals surface area contributed by atoms with E-state index < -0.39 is 0 Å². The van der Waals surface area contributed by atoms with Gasteiger partial charge in [0.25, 0.3) is 0 Å². The Labute approximate surface area is 109 Å². The van der Waals surface area contributed by atoms with Crippen molar-refractivity contribution in [3.8, 4) is 11.5 Å². The van der Waals surface area contributed by atoms with Crippen LogP contribution in [-0.4, -0.2) is 20.8 Å². The number of ether oxygens (including phenoxy) is 2. The van der Waals surface area contributed by atoms with Gasteiger partial charge in [0, 0.05) is 23.7 Å². The van der Waals surface area contributed by atoms with Crippen molar-refractivity contribution in [3.05, 3.63) is 23.3 Å². The highest BCUT2D eigenvalue weighted by Gasteiger charge is 2.31. The molecule has 1 N–H and O–H groups in total. The fourth-order valence-electron chi connectivity index (χ4n) is 2.86. The first-order valence-electron chi connectivity index (χ1n) is 6.58. The fraction of sp³-hybridized carbons (Fsp3) is 0.600. The van der Waals surface area contributed by atoms with Crippen LogP contribution >= 0.6 is 0 Å². The van der Waals surface area contributed by atoms with Crippen molar-refractivity contribution in [2.45, 2.75) is 32.7 Å². The van der Waals surface area contributed by atoms with Crippen molar-refractivity contribution in [1.29, 1.82) is 0 Å². The van der Waals surface area contributed by atoms with Gasteiger partial charge < -0.3 is 14.8 Å². The minimum absolute atomic E-state index is 0.334. The number of hydrogen-bond donors (Lipinski definition) is 1. The molecule has 3 heteroatoms. The van der Waals surface area contributed by atoms with Crippen LogP contribution in [0.4, 0.5) is 0 Å². The SMILES string of the molecule is COc1ccc(OC)c2c1C(C)CNC2C(C)C. The predicted molar refractivity (Wildman–Crippen MR) is 73.5 cm³/mol. The van der Waals surface area contributed by atoms with Crippen molar-refractivity contribution < 1.29 is 9.47 Å². The number of benzene rings is 1. The van der Waals surface area contributed by atoms with Crippen molar-refractivity contribution in [2.24, 2.45) is 5.92 Å². The molecule has 2 rings (SSSR count). The van der Waals surface area contributed by atoms with E-state index in [9.17, 15) is 0 Å². The van der Waals surface area contributed by atoms with Crippen LogP contribution in [0.25, 0.3) is 0 Å². The lowest BCUT2D eigenvalue weighted by Gasteiger charge is -2.35. The summed E-state index contributed by atoms with van der Waals surface area (Å²) >= 11 is 0. The molecule has 2 atom stereocenters. The summed E-state index contributed by atoms with van der Waals surface area (Å²) in [4.78, 5) is 0. The van der Waals surface area contributed by atoms with Gasteiger partial charge in [0.2, 0.25) is 0 Å². The number of hydrogen-bond acceptors (Lipinski definition) is 3. The minimum atomic E-state index is 0.334. The molecule has 0 saturated heterocycles. The van der Waals surface area contributed by atoms with Gasteiger partial charge in [-0.05, 0) is 24.0 Å². The van der Waals surface area contributed by atoms with Gasteiger partial charge in [0.05, 0.1) is 14.2 Å². The second-order valence-electron chi connectivity index (χ2n) is 5.33. The normalized spacial score (nSPS) is 22.8. The molecule has 0 amide bonds. The Morgan fingerprint density at radius 3 is 2.17 bits per heavy atom. The average Bonchev–Trinajstić information content (AvgIpc) is 2.37. The number of nitrogens with one attached hydrogen (secondary N) is 1. The highest BCUT2D eigenvalue weighted by atomic mass is 16.5. The molecular weight excluding hydrogens is 226 g/mol. The maximum Gasteiger partial charge on any atom is 0.124 e. The summed E-state index contributed by atoms with van der Waals surface area (Å²) in [6, 6.07) is 4.35. The molecule has 3 nitrogen and oxygen atoms in total. The van der Waals surface area contributed by atoms with E-state index in [1.165, 1.54) is 11.1 Å². The van der Waals surface area contributed by atoms with Crippen LogP contribution in [0.5, 0.6) is 11.5 Å². The molecule has 18 heavy (non-hydrogen) atoms. The van der Waals surface area contributed by atoms with Crippen LogP contribution in [-0.2, 0) is 0 Å². The Balaban J connectivity index is 2.63. The van der Waals surface area contributed by atoms with E-state index in [2.05, 4.69) is 26.1 Å². The smallest absolute Gasteiger partial charge is 0.124 e. The largest absolute Gasteiger partial charge is 0.496 e. The van der Waals surface area contributed by atoms with Crippen LogP contribution in [0.1, 0.15) is 43.9 Å². The highest BCUT2D eigenvalue weighted by Crippen LogP contribution is 2.44. The third-order valence-electron chi connectivity index (χ3n) is 3.76. The summed E-state index contributed by atoms with van der Waals surface area (Å²) in [6.45, 7) is 7.68. The van der Waals surface area contributed by atoms with Crippen molar-refractivity contribution in [2.75, 3.05) is 20.8 Å². The second kappa shape index (κ2) is 5.19. The first kappa shape index (κ1) is 13.2. The quantitative estimate of drug-likeness (QED) is 0.893. The fourth-order valence-corrected chi connectivity index (χ4v) is 2.86. The summed E-state index contributed by atoms with van der Waals surface area (Å²) < 4.78 is 11.1. The van der Waals surface area contributed by atoms with Gasteiger partial charge in [-0.1, -0.05) is 20.8 Å². The van der Waals surface area contributed by atoms with E-state index in [4.69, 9.17) is 9.47 Å². The molecule has 0 saturated carbocycles. The summed E-state index contributed by atoms with van der Waals surface area (Å²) in [5.41, 5.74) is 2.57. The van der Waals surface area contributed by atoms with E-state index in [-0.39, 0.29) is 0 Å². The first-order valence-corrected chi connectivity index (χ1v) is 6.58. The zero-order valence-electron chi connectivity index (χ0n) is 11.9. The van der Waals surface area contributed by atoms with Gasteiger partial charge in [-0.15, -0.1) is 0 Å². The lowest BCUT2D eigenvalue weighted by molar-refractivity contribution is 0.333. The van der Waals surface area contributed by atoms with Gasteiger partial charge in [-0.3, -0.25) is 0 Å². The molecule has 0 fully saturated rings. The van der Waals surface area contributed by atoms with Gasteiger partial charge >= 0.3 is 0 Å². The molecule has 2 unspecified atom stereocenters. The molecule has 1 aromatic carbocycles. The predicted octanol–water partition coefficient (Wildman–Crippen LogP) is 3.11. The second-order valence-corrected chi connectivity index (χ2v) is 5.33. The summed E-state index contributed by atoms with van der Waals surface area (Å²) in [5, 5.41) is 3.61. The third-order valence-corrected chi connectivity index (χ3v) is 3.76. The van der Waals surface area contributed by atoms with Crippen LogP contribution in [0.2, 0.25) is 0 Å². The Hall–Kier alpha value is -1.22. The van der Waals surface area contributed by atoms with Crippen LogP contribution in [0.3, 0.4) is 0 Å².